The lowest BCUT2D eigenvalue weighted by atomic mass is 9.98. The van der Waals surface area contributed by atoms with E-state index in [1.807, 2.05) is 0 Å². The highest BCUT2D eigenvalue weighted by Gasteiger charge is 2.30. The van der Waals surface area contributed by atoms with Crippen molar-refractivity contribution in [2.45, 2.75) is 54.7 Å². The number of ether oxygens (including phenoxy) is 1. The van der Waals surface area contributed by atoms with Gasteiger partial charge in [0.05, 0.1) is 12.2 Å². The van der Waals surface area contributed by atoms with E-state index in [0.717, 1.165) is 3.92 Å². The van der Waals surface area contributed by atoms with Crippen LogP contribution < -0.4 is 0 Å². The van der Waals surface area contributed by atoms with E-state index in [1.54, 1.807) is 0 Å². The lowest BCUT2D eigenvalue weighted by Gasteiger charge is -2.27. The fraction of sp³-hybridized carbons (Fsp3) is 1.00. The second kappa shape index (κ2) is 3.60. The molecule has 2 saturated carbocycles. The maximum Gasteiger partial charge on any atom is 0.0696 e. The first-order valence-electron chi connectivity index (χ1n) is 4.66. The monoisotopic (exact) mass is 266 g/mol. The van der Waals surface area contributed by atoms with Crippen molar-refractivity contribution in [3.63, 3.8) is 0 Å². The van der Waals surface area contributed by atoms with E-state index in [0.29, 0.717) is 12.2 Å². The zero-order valence-corrected chi connectivity index (χ0v) is 8.92. The molecule has 2 unspecified atom stereocenters. The van der Waals surface area contributed by atoms with Crippen LogP contribution in [0.25, 0.3) is 0 Å². The summed E-state index contributed by atoms with van der Waals surface area (Å²) in [5.74, 6) is 0. The Kier molecular flexibility index (Phi) is 2.72. The van der Waals surface area contributed by atoms with Crippen LogP contribution in [0.3, 0.4) is 0 Å². The minimum atomic E-state index is 0.594. The zero-order valence-electron chi connectivity index (χ0n) is 6.76. The molecule has 0 amide bonds. The Balaban J connectivity index is 1.78. The van der Waals surface area contributed by atoms with E-state index in [1.165, 1.54) is 38.5 Å². The van der Waals surface area contributed by atoms with Gasteiger partial charge in [-0.15, -0.1) is 0 Å². The van der Waals surface area contributed by atoms with Crippen molar-refractivity contribution in [2.75, 3.05) is 0 Å². The quantitative estimate of drug-likeness (QED) is 0.551. The highest BCUT2D eigenvalue weighted by molar-refractivity contribution is 14.1. The van der Waals surface area contributed by atoms with Gasteiger partial charge in [-0.3, -0.25) is 0 Å². The van der Waals surface area contributed by atoms with Gasteiger partial charge in [-0.25, -0.2) is 0 Å². The summed E-state index contributed by atoms with van der Waals surface area (Å²) in [7, 11) is 0. The van der Waals surface area contributed by atoms with E-state index >= 15 is 0 Å². The molecular formula is C9H15IO. The maximum atomic E-state index is 5.91. The molecule has 2 aliphatic rings. The number of alkyl halides is 1. The fourth-order valence-electron chi connectivity index (χ4n) is 1.66. The van der Waals surface area contributed by atoms with Gasteiger partial charge in [-0.05, 0) is 25.7 Å². The first kappa shape index (κ1) is 8.30. The molecule has 0 saturated heterocycles. The Labute approximate surface area is 82.0 Å². The van der Waals surface area contributed by atoms with Crippen molar-refractivity contribution >= 4 is 22.6 Å². The van der Waals surface area contributed by atoms with Gasteiger partial charge in [0.2, 0.25) is 0 Å². The Morgan fingerprint density at radius 2 is 1.73 bits per heavy atom. The first-order valence-corrected chi connectivity index (χ1v) is 5.90. The van der Waals surface area contributed by atoms with Gasteiger partial charge in [0.25, 0.3) is 0 Å². The molecule has 2 aliphatic carbocycles. The number of hydrogen-bond acceptors (Lipinski definition) is 1. The third kappa shape index (κ3) is 2.31. The zero-order chi connectivity index (χ0) is 7.68. The SMILES string of the molecule is IC1CCCCC1OC1CC1. The van der Waals surface area contributed by atoms with Crippen LogP contribution in [-0.2, 0) is 4.74 Å². The largest absolute Gasteiger partial charge is 0.374 e. The van der Waals surface area contributed by atoms with Crippen LogP contribution in [0.1, 0.15) is 38.5 Å². The van der Waals surface area contributed by atoms with Gasteiger partial charge < -0.3 is 4.74 Å². The van der Waals surface area contributed by atoms with Gasteiger partial charge in [0.1, 0.15) is 0 Å². The normalized spacial score (nSPS) is 39.0. The molecule has 64 valence electrons. The second-order valence-corrected chi connectivity index (χ2v) is 5.27. The Morgan fingerprint density at radius 3 is 2.36 bits per heavy atom. The predicted molar refractivity (Wildman–Crippen MR) is 54.2 cm³/mol. The van der Waals surface area contributed by atoms with Gasteiger partial charge in [-0.2, -0.15) is 0 Å². The summed E-state index contributed by atoms with van der Waals surface area (Å²) < 4.78 is 6.70. The maximum absolute atomic E-state index is 5.91. The Morgan fingerprint density at radius 1 is 1.00 bits per heavy atom. The molecule has 0 aliphatic heterocycles. The third-order valence-corrected chi connectivity index (χ3v) is 3.94. The molecule has 0 heterocycles. The van der Waals surface area contributed by atoms with Crippen LogP contribution in [0.4, 0.5) is 0 Å². The molecule has 1 nitrogen and oxygen atoms in total. The topological polar surface area (TPSA) is 9.23 Å². The molecule has 0 aromatic heterocycles. The van der Waals surface area contributed by atoms with Crippen LogP contribution in [0.2, 0.25) is 0 Å². The van der Waals surface area contributed by atoms with Gasteiger partial charge in [-0.1, -0.05) is 35.4 Å². The number of halogens is 1. The summed E-state index contributed by atoms with van der Waals surface area (Å²) in [5.41, 5.74) is 0. The molecule has 2 fully saturated rings. The van der Waals surface area contributed by atoms with Crippen LogP contribution in [0.5, 0.6) is 0 Å². The number of hydrogen-bond donors (Lipinski definition) is 0. The molecule has 0 N–H and O–H groups in total. The lowest BCUT2D eigenvalue weighted by Crippen LogP contribution is -2.28. The van der Waals surface area contributed by atoms with Gasteiger partial charge in [0.15, 0.2) is 0 Å². The van der Waals surface area contributed by atoms with Crippen LogP contribution in [0, 0.1) is 0 Å². The summed E-state index contributed by atoms with van der Waals surface area (Å²) in [4.78, 5) is 0. The molecule has 11 heavy (non-hydrogen) atoms. The number of rotatable bonds is 2. The first-order chi connectivity index (χ1) is 5.36. The van der Waals surface area contributed by atoms with Gasteiger partial charge >= 0.3 is 0 Å². The summed E-state index contributed by atoms with van der Waals surface area (Å²) in [6, 6.07) is 0. The van der Waals surface area contributed by atoms with Crippen LogP contribution in [-0.4, -0.2) is 16.1 Å². The Hall–Kier alpha value is 0.690. The van der Waals surface area contributed by atoms with Crippen LogP contribution >= 0.6 is 22.6 Å². The molecular weight excluding hydrogens is 251 g/mol. The van der Waals surface area contributed by atoms with Crippen molar-refractivity contribution in [3.8, 4) is 0 Å². The highest BCUT2D eigenvalue weighted by atomic mass is 127. The molecule has 0 bridgehead atoms. The van der Waals surface area contributed by atoms with Crippen molar-refractivity contribution < 1.29 is 4.74 Å². The predicted octanol–water partition coefficient (Wildman–Crippen LogP) is 2.91. The minimum absolute atomic E-state index is 0.594. The smallest absolute Gasteiger partial charge is 0.0696 e. The van der Waals surface area contributed by atoms with E-state index in [-0.39, 0.29) is 0 Å². The van der Waals surface area contributed by atoms with E-state index in [2.05, 4.69) is 22.6 Å². The summed E-state index contributed by atoms with van der Waals surface area (Å²) in [5, 5.41) is 0. The molecule has 0 spiro atoms. The molecule has 2 heteroatoms. The van der Waals surface area contributed by atoms with E-state index in [4.69, 9.17) is 4.74 Å². The summed E-state index contributed by atoms with van der Waals surface area (Å²) in [6.07, 6.45) is 9.36. The average Bonchev–Trinajstić information content (AvgIpc) is 2.78. The lowest BCUT2D eigenvalue weighted by molar-refractivity contribution is 0.0241. The second-order valence-electron chi connectivity index (χ2n) is 3.67. The Bertz CT molecular complexity index is 134. The fourth-order valence-corrected chi connectivity index (χ4v) is 2.63. The average molecular weight is 266 g/mol. The van der Waals surface area contributed by atoms with Gasteiger partial charge in [0, 0.05) is 3.92 Å². The third-order valence-electron chi connectivity index (χ3n) is 2.51. The van der Waals surface area contributed by atoms with Crippen molar-refractivity contribution in [3.05, 3.63) is 0 Å². The van der Waals surface area contributed by atoms with Crippen LogP contribution in [0.15, 0.2) is 0 Å². The minimum Gasteiger partial charge on any atom is -0.374 e. The van der Waals surface area contributed by atoms with E-state index in [9.17, 15) is 0 Å². The summed E-state index contributed by atoms with van der Waals surface area (Å²) in [6.45, 7) is 0. The van der Waals surface area contributed by atoms with Crippen molar-refractivity contribution in [2.24, 2.45) is 0 Å². The molecule has 2 rings (SSSR count). The molecule has 0 aromatic rings. The molecule has 0 aromatic carbocycles. The van der Waals surface area contributed by atoms with Crippen molar-refractivity contribution in [1.29, 1.82) is 0 Å². The summed E-state index contributed by atoms with van der Waals surface area (Å²) >= 11 is 2.55. The standard InChI is InChI=1S/C9H15IO/c10-8-3-1-2-4-9(8)11-7-5-6-7/h7-9H,1-6H2. The van der Waals surface area contributed by atoms with Crippen molar-refractivity contribution in [1.82, 2.24) is 0 Å². The molecule has 2 atom stereocenters. The molecule has 0 radical (unpaired) electrons. The van der Waals surface area contributed by atoms with E-state index < -0.39 is 0 Å². The highest BCUT2D eigenvalue weighted by Crippen LogP contribution is 2.33.